The van der Waals surface area contributed by atoms with Crippen molar-refractivity contribution < 1.29 is 14.3 Å². The average Bonchev–Trinajstić information content (AvgIpc) is 2.83. The normalized spacial score (nSPS) is 16.8. The zero-order valence-corrected chi connectivity index (χ0v) is 9.71. The van der Waals surface area contributed by atoms with Crippen LogP contribution in [0.25, 0.3) is 0 Å². The van der Waals surface area contributed by atoms with Crippen molar-refractivity contribution in [1.29, 1.82) is 0 Å². The van der Waals surface area contributed by atoms with E-state index in [1.54, 1.807) is 12.1 Å². The fourth-order valence-electron chi connectivity index (χ4n) is 2.00. The van der Waals surface area contributed by atoms with E-state index < -0.39 is 0 Å². The van der Waals surface area contributed by atoms with E-state index in [2.05, 4.69) is 0 Å². The lowest BCUT2D eigenvalue weighted by Gasteiger charge is -2.10. The van der Waals surface area contributed by atoms with Crippen molar-refractivity contribution >= 4 is 5.97 Å². The van der Waals surface area contributed by atoms with Crippen LogP contribution in [-0.2, 0) is 4.74 Å². The molecule has 2 aromatic rings. The Hall–Kier alpha value is -2.29. The summed E-state index contributed by atoms with van der Waals surface area (Å²) < 4.78 is 10.9. The van der Waals surface area contributed by atoms with Gasteiger partial charge in [0.25, 0.3) is 0 Å². The van der Waals surface area contributed by atoms with Crippen molar-refractivity contribution in [1.82, 2.24) is 0 Å². The van der Waals surface area contributed by atoms with E-state index in [-0.39, 0.29) is 12.1 Å². The third-order valence-electron chi connectivity index (χ3n) is 2.91. The van der Waals surface area contributed by atoms with Gasteiger partial charge in [-0.05, 0) is 18.2 Å². The van der Waals surface area contributed by atoms with Crippen molar-refractivity contribution in [3.63, 3.8) is 0 Å². The topological polar surface area (TPSA) is 35.5 Å². The highest BCUT2D eigenvalue weighted by Crippen LogP contribution is 2.34. The van der Waals surface area contributed by atoms with Crippen LogP contribution < -0.4 is 4.74 Å². The predicted molar refractivity (Wildman–Crippen MR) is 66.5 cm³/mol. The summed E-state index contributed by atoms with van der Waals surface area (Å²) >= 11 is 0. The van der Waals surface area contributed by atoms with Gasteiger partial charge in [0.1, 0.15) is 12.4 Å². The highest BCUT2D eigenvalue weighted by molar-refractivity contribution is 5.89. The number of rotatable bonds is 2. The summed E-state index contributed by atoms with van der Waals surface area (Å²) in [5, 5.41) is 0. The van der Waals surface area contributed by atoms with E-state index in [1.165, 1.54) is 0 Å². The second-order valence-corrected chi connectivity index (χ2v) is 4.11. The van der Waals surface area contributed by atoms with Gasteiger partial charge < -0.3 is 9.47 Å². The zero-order valence-electron chi connectivity index (χ0n) is 9.71. The number of hydrogen-bond acceptors (Lipinski definition) is 3. The lowest BCUT2D eigenvalue weighted by molar-refractivity contribution is 0.0248. The summed E-state index contributed by atoms with van der Waals surface area (Å²) in [6.07, 6.45) is -0.311. The highest BCUT2D eigenvalue weighted by Gasteiger charge is 2.27. The molecule has 0 radical (unpaired) electrons. The molecule has 1 atom stereocenters. The Labute approximate surface area is 105 Å². The quantitative estimate of drug-likeness (QED) is 0.757. The van der Waals surface area contributed by atoms with E-state index in [0.717, 1.165) is 11.3 Å². The van der Waals surface area contributed by atoms with Crippen LogP contribution in [0.1, 0.15) is 22.0 Å². The maximum Gasteiger partial charge on any atom is 0.338 e. The molecule has 0 bridgehead atoms. The van der Waals surface area contributed by atoms with Crippen LogP contribution in [-0.4, -0.2) is 12.6 Å². The molecule has 1 aliphatic rings. The first kappa shape index (κ1) is 10.8. The maximum absolute atomic E-state index is 11.9. The maximum atomic E-state index is 11.9. The van der Waals surface area contributed by atoms with Gasteiger partial charge in [-0.25, -0.2) is 4.79 Å². The third-order valence-corrected chi connectivity index (χ3v) is 2.91. The molecule has 2 aromatic carbocycles. The van der Waals surface area contributed by atoms with Crippen molar-refractivity contribution in [2.45, 2.75) is 6.10 Å². The molecular weight excluding hydrogens is 228 g/mol. The van der Waals surface area contributed by atoms with Crippen LogP contribution in [0.4, 0.5) is 0 Å². The fraction of sp³-hybridized carbons (Fsp3) is 0.133. The van der Waals surface area contributed by atoms with Gasteiger partial charge in [0.05, 0.1) is 5.56 Å². The van der Waals surface area contributed by atoms with Crippen molar-refractivity contribution in [2.24, 2.45) is 0 Å². The van der Waals surface area contributed by atoms with Crippen LogP contribution in [0.15, 0.2) is 54.6 Å². The van der Waals surface area contributed by atoms with Crippen molar-refractivity contribution in [3.05, 3.63) is 65.7 Å². The Morgan fingerprint density at radius 3 is 2.61 bits per heavy atom. The predicted octanol–water partition coefficient (Wildman–Crippen LogP) is 2.98. The van der Waals surface area contributed by atoms with Crippen molar-refractivity contribution in [3.8, 4) is 5.75 Å². The number of fused-ring (bicyclic) bond motifs is 1. The minimum absolute atomic E-state index is 0.311. The van der Waals surface area contributed by atoms with Gasteiger partial charge in [0, 0.05) is 5.56 Å². The van der Waals surface area contributed by atoms with E-state index in [4.69, 9.17) is 9.47 Å². The average molecular weight is 240 g/mol. The monoisotopic (exact) mass is 240 g/mol. The molecule has 0 aromatic heterocycles. The van der Waals surface area contributed by atoms with E-state index >= 15 is 0 Å². The number of carbonyl (C=O) groups is 1. The third kappa shape index (κ3) is 1.95. The summed E-state index contributed by atoms with van der Waals surface area (Å²) in [6, 6.07) is 16.6. The molecular formula is C15H12O3. The van der Waals surface area contributed by atoms with Crippen LogP contribution in [0.5, 0.6) is 5.75 Å². The zero-order chi connectivity index (χ0) is 12.4. The summed E-state index contributed by atoms with van der Waals surface area (Å²) in [5.74, 6) is 0.476. The van der Waals surface area contributed by atoms with Gasteiger partial charge in [-0.15, -0.1) is 0 Å². The number of esters is 1. The van der Waals surface area contributed by atoms with Gasteiger partial charge in [-0.2, -0.15) is 0 Å². The fourth-order valence-corrected chi connectivity index (χ4v) is 2.00. The van der Waals surface area contributed by atoms with Gasteiger partial charge in [-0.1, -0.05) is 36.4 Å². The number of ether oxygens (including phenoxy) is 2. The lowest BCUT2D eigenvalue weighted by atomic mass is 10.1. The molecule has 1 unspecified atom stereocenters. The minimum atomic E-state index is -0.319. The molecule has 0 aliphatic carbocycles. The molecule has 90 valence electrons. The largest absolute Gasteiger partial charge is 0.489 e. The van der Waals surface area contributed by atoms with Gasteiger partial charge >= 0.3 is 5.97 Å². The molecule has 1 aliphatic heterocycles. The first-order chi connectivity index (χ1) is 8.84. The molecule has 0 saturated carbocycles. The van der Waals surface area contributed by atoms with Gasteiger partial charge in [0.15, 0.2) is 6.10 Å². The number of carbonyl (C=O) groups excluding carboxylic acids is 1. The van der Waals surface area contributed by atoms with Crippen LogP contribution in [0.2, 0.25) is 0 Å². The Morgan fingerprint density at radius 2 is 1.78 bits per heavy atom. The summed E-state index contributed by atoms with van der Waals surface area (Å²) in [6.45, 7) is 0.387. The second kappa shape index (κ2) is 4.53. The highest BCUT2D eigenvalue weighted by atomic mass is 16.6. The van der Waals surface area contributed by atoms with Gasteiger partial charge in [0.2, 0.25) is 0 Å². The number of para-hydroxylation sites is 1. The molecule has 0 spiro atoms. The Morgan fingerprint density at radius 1 is 1.06 bits per heavy atom. The van der Waals surface area contributed by atoms with Crippen LogP contribution >= 0.6 is 0 Å². The molecule has 0 saturated heterocycles. The summed E-state index contributed by atoms with van der Waals surface area (Å²) in [5.41, 5.74) is 1.49. The first-order valence-corrected chi connectivity index (χ1v) is 5.82. The summed E-state index contributed by atoms with van der Waals surface area (Å²) in [7, 11) is 0. The molecule has 0 fully saturated rings. The molecule has 3 heteroatoms. The van der Waals surface area contributed by atoms with E-state index in [9.17, 15) is 4.79 Å². The second-order valence-electron chi connectivity index (χ2n) is 4.11. The molecule has 0 amide bonds. The molecule has 3 rings (SSSR count). The Kier molecular flexibility index (Phi) is 2.73. The molecule has 18 heavy (non-hydrogen) atoms. The first-order valence-electron chi connectivity index (χ1n) is 5.82. The Bertz CT molecular complexity index is 563. The Balaban J connectivity index is 1.77. The summed E-state index contributed by atoms with van der Waals surface area (Å²) in [4.78, 5) is 11.9. The number of benzene rings is 2. The van der Waals surface area contributed by atoms with E-state index in [1.807, 2.05) is 42.5 Å². The van der Waals surface area contributed by atoms with Crippen LogP contribution in [0, 0.1) is 0 Å². The molecule has 3 nitrogen and oxygen atoms in total. The van der Waals surface area contributed by atoms with Crippen LogP contribution in [0.3, 0.4) is 0 Å². The lowest BCUT2D eigenvalue weighted by Crippen LogP contribution is -2.12. The number of hydrogen-bond donors (Lipinski definition) is 0. The molecule has 0 N–H and O–H groups in total. The molecule has 1 heterocycles. The van der Waals surface area contributed by atoms with Gasteiger partial charge in [-0.3, -0.25) is 0 Å². The standard InChI is InChI=1S/C15H12O3/c16-15(11-6-2-1-3-7-11)18-14-10-17-13-9-5-4-8-12(13)14/h1-9,14H,10H2. The minimum Gasteiger partial charge on any atom is -0.489 e. The smallest absolute Gasteiger partial charge is 0.338 e. The SMILES string of the molecule is O=C(OC1COc2ccccc21)c1ccccc1. The van der Waals surface area contributed by atoms with Crippen molar-refractivity contribution in [2.75, 3.05) is 6.61 Å². The van der Waals surface area contributed by atoms with E-state index in [0.29, 0.717) is 12.2 Å².